The summed E-state index contributed by atoms with van der Waals surface area (Å²) in [6.07, 6.45) is 22.4. The lowest BCUT2D eigenvalue weighted by molar-refractivity contribution is -0.134. The van der Waals surface area contributed by atoms with E-state index in [0.717, 1.165) is 37.0 Å². The van der Waals surface area contributed by atoms with Crippen LogP contribution in [0.25, 0.3) is 22.1 Å². The molecule has 3 aromatic rings. The van der Waals surface area contributed by atoms with Crippen molar-refractivity contribution in [3.63, 3.8) is 0 Å². The van der Waals surface area contributed by atoms with Crippen LogP contribution in [0.3, 0.4) is 0 Å². The number of hydrogen-bond donors (Lipinski definition) is 0. The van der Waals surface area contributed by atoms with Gasteiger partial charge in [0, 0.05) is 12.5 Å². The zero-order valence-corrected chi connectivity index (χ0v) is 23.7. The number of allylic oxidation sites excluding steroid dienone is 2. The van der Waals surface area contributed by atoms with Gasteiger partial charge in [0.2, 0.25) is 0 Å². The van der Waals surface area contributed by atoms with Gasteiger partial charge in [0.15, 0.2) is 5.43 Å². The summed E-state index contributed by atoms with van der Waals surface area (Å²) in [6, 6.07) is 12.2. The van der Waals surface area contributed by atoms with Crippen molar-refractivity contribution in [2.45, 2.75) is 96.8 Å². The van der Waals surface area contributed by atoms with Crippen molar-refractivity contribution >= 4 is 16.9 Å². The number of carbonyl (C=O) groups excluding carboxylic acids is 1. The van der Waals surface area contributed by atoms with E-state index in [9.17, 15) is 9.59 Å². The molecule has 0 aliphatic carbocycles. The predicted molar refractivity (Wildman–Crippen MR) is 160 cm³/mol. The topological polar surface area (TPSA) is 65.7 Å². The van der Waals surface area contributed by atoms with Crippen LogP contribution in [0.2, 0.25) is 0 Å². The third-order valence-electron chi connectivity index (χ3n) is 7.02. The molecule has 5 heteroatoms. The molecular weight excluding hydrogens is 488 g/mol. The van der Waals surface area contributed by atoms with Crippen LogP contribution in [0.15, 0.2) is 70.1 Å². The van der Waals surface area contributed by atoms with Gasteiger partial charge in [-0.25, -0.2) is 0 Å². The molecule has 0 aliphatic rings. The summed E-state index contributed by atoms with van der Waals surface area (Å²) in [4.78, 5) is 25.3. The fourth-order valence-corrected chi connectivity index (χ4v) is 4.66. The van der Waals surface area contributed by atoms with Crippen molar-refractivity contribution < 1.29 is 18.7 Å². The van der Waals surface area contributed by atoms with Gasteiger partial charge in [-0.05, 0) is 61.9 Å². The summed E-state index contributed by atoms with van der Waals surface area (Å²) in [5.74, 6) is 0.849. The van der Waals surface area contributed by atoms with Gasteiger partial charge in [-0.2, -0.15) is 0 Å². The molecular formula is C34H44O5. The second-order valence-corrected chi connectivity index (χ2v) is 10.2. The van der Waals surface area contributed by atoms with E-state index in [1.54, 1.807) is 37.4 Å². The minimum absolute atomic E-state index is 0.132. The van der Waals surface area contributed by atoms with Crippen LogP contribution in [-0.2, 0) is 4.79 Å². The van der Waals surface area contributed by atoms with Crippen LogP contribution < -0.4 is 14.9 Å². The summed E-state index contributed by atoms with van der Waals surface area (Å²) < 4.78 is 16.4. The fourth-order valence-electron chi connectivity index (χ4n) is 4.66. The van der Waals surface area contributed by atoms with E-state index in [0.29, 0.717) is 28.7 Å². The van der Waals surface area contributed by atoms with Crippen molar-refractivity contribution in [2.24, 2.45) is 0 Å². The largest absolute Gasteiger partial charge is 0.497 e. The maximum atomic E-state index is 13.0. The highest BCUT2D eigenvalue weighted by molar-refractivity contribution is 5.83. The first kappa shape index (κ1) is 30.2. The summed E-state index contributed by atoms with van der Waals surface area (Å²) in [7, 11) is 1.60. The fraction of sp³-hybridized carbons (Fsp3) is 0.471. The smallest absolute Gasteiger partial charge is 0.311 e. The Morgan fingerprint density at radius 1 is 0.795 bits per heavy atom. The quantitative estimate of drug-likeness (QED) is 0.0706. The molecule has 5 nitrogen and oxygen atoms in total. The number of fused-ring (bicyclic) bond motifs is 1. The first-order valence-corrected chi connectivity index (χ1v) is 14.7. The highest BCUT2D eigenvalue weighted by Crippen LogP contribution is 2.25. The minimum Gasteiger partial charge on any atom is -0.497 e. The summed E-state index contributed by atoms with van der Waals surface area (Å²) >= 11 is 0. The molecule has 2 aromatic carbocycles. The van der Waals surface area contributed by atoms with E-state index in [2.05, 4.69) is 19.1 Å². The van der Waals surface area contributed by atoms with Crippen LogP contribution in [0, 0.1) is 0 Å². The maximum absolute atomic E-state index is 13.0. The molecule has 0 saturated heterocycles. The van der Waals surface area contributed by atoms with E-state index in [1.807, 2.05) is 12.1 Å². The molecule has 3 rings (SSSR count). The van der Waals surface area contributed by atoms with Crippen LogP contribution in [0.5, 0.6) is 11.5 Å². The molecule has 0 saturated carbocycles. The number of rotatable bonds is 18. The molecule has 0 bridgehead atoms. The number of esters is 1. The van der Waals surface area contributed by atoms with Crippen molar-refractivity contribution in [3.8, 4) is 22.6 Å². The molecule has 0 spiro atoms. The van der Waals surface area contributed by atoms with Gasteiger partial charge in [0.1, 0.15) is 23.3 Å². The Labute approximate surface area is 233 Å². The van der Waals surface area contributed by atoms with Gasteiger partial charge in [-0.3, -0.25) is 9.59 Å². The third-order valence-corrected chi connectivity index (χ3v) is 7.02. The van der Waals surface area contributed by atoms with Crippen LogP contribution in [0.4, 0.5) is 0 Å². The lowest BCUT2D eigenvalue weighted by Crippen LogP contribution is -2.08. The Balaban J connectivity index is 1.32. The van der Waals surface area contributed by atoms with E-state index in [4.69, 9.17) is 13.9 Å². The summed E-state index contributed by atoms with van der Waals surface area (Å²) in [5, 5.41) is 0.445. The lowest BCUT2D eigenvalue weighted by atomic mass is 10.1. The van der Waals surface area contributed by atoms with Crippen molar-refractivity contribution in [3.05, 3.63) is 71.1 Å². The van der Waals surface area contributed by atoms with E-state index in [-0.39, 0.29) is 11.4 Å². The number of benzene rings is 2. The second-order valence-electron chi connectivity index (χ2n) is 10.2. The van der Waals surface area contributed by atoms with Crippen molar-refractivity contribution in [1.29, 1.82) is 0 Å². The summed E-state index contributed by atoms with van der Waals surface area (Å²) in [6.45, 7) is 2.26. The van der Waals surface area contributed by atoms with E-state index >= 15 is 0 Å². The average Bonchev–Trinajstić information content (AvgIpc) is 2.95. The van der Waals surface area contributed by atoms with Gasteiger partial charge in [0.25, 0.3) is 0 Å². The molecule has 0 N–H and O–H groups in total. The van der Waals surface area contributed by atoms with Gasteiger partial charge in [0.05, 0.1) is 18.1 Å². The Bertz CT molecular complexity index is 1220. The first-order valence-electron chi connectivity index (χ1n) is 14.7. The molecule has 1 aromatic heterocycles. The maximum Gasteiger partial charge on any atom is 0.311 e. The molecule has 0 amide bonds. The minimum atomic E-state index is -0.260. The molecule has 210 valence electrons. The Kier molecular flexibility index (Phi) is 13.4. The van der Waals surface area contributed by atoms with Crippen molar-refractivity contribution in [1.82, 2.24) is 0 Å². The Hall–Kier alpha value is -3.34. The predicted octanol–water partition coefficient (Wildman–Crippen LogP) is 9.41. The Morgan fingerprint density at radius 3 is 2.08 bits per heavy atom. The van der Waals surface area contributed by atoms with Crippen LogP contribution >= 0.6 is 0 Å². The number of hydrogen-bond acceptors (Lipinski definition) is 5. The number of unbranched alkanes of at least 4 members (excludes halogenated alkanes) is 11. The highest BCUT2D eigenvalue weighted by atomic mass is 16.5. The van der Waals surface area contributed by atoms with Crippen LogP contribution in [0.1, 0.15) is 96.8 Å². The zero-order valence-electron chi connectivity index (χ0n) is 23.7. The highest BCUT2D eigenvalue weighted by Gasteiger charge is 2.12. The standard InChI is InChI=1S/C34H44O5/c1-3-4-5-6-7-8-9-10-11-12-13-14-15-16-17-18-33(35)39-29-23-24-30-32(25-29)38-26-31(34(30)36)27-19-21-28(37-2)22-20-27/h10-11,19-26H,3-9,12-18H2,1-2H3/b11-10-. The van der Waals surface area contributed by atoms with Gasteiger partial charge < -0.3 is 13.9 Å². The van der Waals surface area contributed by atoms with Gasteiger partial charge in [-0.15, -0.1) is 0 Å². The number of carbonyl (C=O) groups is 1. The Morgan fingerprint density at radius 2 is 1.41 bits per heavy atom. The van der Waals surface area contributed by atoms with Gasteiger partial charge in [-0.1, -0.05) is 82.6 Å². The monoisotopic (exact) mass is 532 g/mol. The molecule has 0 radical (unpaired) electrons. The third kappa shape index (κ3) is 10.4. The SMILES string of the molecule is CCCCCCCC/C=C\CCCCCCCC(=O)Oc1ccc2c(=O)c(-c3ccc(OC)cc3)coc2c1. The molecule has 1 heterocycles. The van der Waals surface area contributed by atoms with E-state index in [1.165, 1.54) is 64.1 Å². The van der Waals surface area contributed by atoms with E-state index < -0.39 is 0 Å². The summed E-state index contributed by atoms with van der Waals surface area (Å²) in [5.41, 5.74) is 1.48. The molecule has 0 atom stereocenters. The average molecular weight is 533 g/mol. The molecule has 0 unspecified atom stereocenters. The first-order chi connectivity index (χ1) is 19.1. The number of methoxy groups -OCH3 is 1. The van der Waals surface area contributed by atoms with Gasteiger partial charge >= 0.3 is 5.97 Å². The van der Waals surface area contributed by atoms with Crippen molar-refractivity contribution in [2.75, 3.05) is 7.11 Å². The van der Waals surface area contributed by atoms with Crippen LogP contribution in [-0.4, -0.2) is 13.1 Å². The zero-order chi connectivity index (χ0) is 27.7. The normalized spacial score (nSPS) is 11.3. The molecule has 0 aliphatic heterocycles. The lowest BCUT2D eigenvalue weighted by Gasteiger charge is -2.07. The number of ether oxygens (including phenoxy) is 2. The molecule has 39 heavy (non-hydrogen) atoms. The second kappa shape index (κ2) is 17.3. The molecule has 0 fully saturated rings.